The van der Waals surface area contributed by atoms with E-state index in [-0.39, 0.29) is 12.2 Å². The zero-order valence-electron chi connectivity index (χ0n) is 8.46. The summed E-state index contributed by atoms with van der Waals surface area (Å²) in [6, 6.07) is 0. The molecule has 12 heavy (non-hydrogen) atoms. The van der Waals surface area contributed by atoms with Crippen molar-refractivity contribution in [1.29, 1.82) is 0 Å². The van der Waals surface area contributed by atoms with E-state index in [1.807, 2.05) is 20.8 Å². The van der Waals surface area contributed by atoms with Crippen LogP contribution in [-0.4, -0.2) is 18.4 Å². The minimum absolute atomic E-state index is 0.0868. The lowest BCUT2D eigenvalue weighted by atomic mass is 10.1. The van der Waals surface area contributed by atoms with Gasteiger partial charge in [-0.05, 0) is 26.7 Å². The number of hydrogen-bond donors (Lipinski definition) is 0. The molecule has 0 radical (unpaired) electrons. The Morgan fingerprint density at radius 3 is 1.83 bits per heavy atom. The van der Waals surface area contributed by atoms with Crippen LogP contribution < -0.4 is 0 Å². The molecule has 0 aromatic carbocycles. The molecule has 0 amide bonds. The van der Waals surface area contributed by atoms with Gasteiger partial charge in [0.2, 0.25) is 0 Å². The van der Waals surface area contributed by atoms with E-state index in [9.17, 15) is 4.79 Å². The van der Waals surface area contributed by atoms with Gasteiger partial charge in [0.25, 0.3) is 0 Å². The van der Waals surface area contributed by atoms with E-state index in [2.05, 4.69) is 0 Å². The summed E-state index contributed by atoms with van der Waals surface area (Å²) in [6.07, 6.45) is -0.778. The summed E-state index contributed by atoms with van der Waals surface area (Å²) in [5, 5.41) is 0. The normalized spacial score (nSPS) is 13.2. The minimum Gasteiger partial charge on any atom is -0.432 e. The fourth-order valence-electron chi connectivity index (χ4n) is 0.508. The molecule has 0 spiro atoms. The summed E-state index contributed by atoms with van der Waals surface area (Å²) in [7, 11) is 0. The molecule has 0 N–H and O–H groups in total. The maximum absolute atomic E-state index is 10.9. The first-order chi connectivity index (χ1) is 5.43. The Balaban J connectivity index is 3.69. The summed E-state index contributed by atoms with van der Waals surface area (Å²) in [5.74, 6) is 0.324. The monoisotopic (exact) mass is 174 g/mol. The molecule has 0 aromatic heterocycles. The molecule has 72 valence electrons. The Labute approximate surface area is 74.0 Å². The fourth-order valence-corrected chi connectivity index (χ4v) is 0.508. The second kappa shape index (κ2) is 5.01. The first-order valence-electron chi connectivity index (χ1n) is 4.30. The van der Waals surface area contributed by atoms with E-state index in [1.54, 1.807) is 13.8 Å². The highest BCUT2D eigenvalue weighted by Crippen LogP contribution is 2.06. The van der Waals surface area contributed by atoms with Gasteiger partial charge in [-0.15, -0.1) is 0 Å². The van der Waals surface area contributed by atoms with Crippen molar-refractivity contribution in [3.8, 4) is 0 Å². The van der Waals surface area contributed by atoms with Crippen LogP contribution in [-0.2, 0) is 9.47 Å². The SMILES string of the molecule is CC(C)OC(=O)O[C@H](C)C(C)C. The van der Waals surface area contributed by atoms with Gasteiger partial charge in [0.05, 0.1) is 6.10 Å². The quantitative estimate of drug-likeness (QED) is 0.617. The molecule has 0 heterocycles. The zero-order valence-corrected chi connectivity index (χ0v) is 8.46. The van der Waals surface area contributed by atoms with Crippen molar-refractivity contribution in [2.24, 2.45) is 5.92 Å². The van der Waals surface area contributed by atoms with E-state index in [4.69, 9.17) is 9.47 Å². The molecule has 0 aliphatic heterocycles. The van der Waals surface area contributed by atoms with Crippen molar-refractivity contribution >= 4 is 6.16 Å². The van der Waals surface area contributed by atoms with Gasteiger partial charge in [-0.25, -0.2) is 4.79 Å². The van der Waals surface area contributed by atoms with Crippen molar-refractivity contribution in [2.45, 2.75) is 46.8 Å². The number of hydrogen-bond acceptors (Lipinski definition) is 3. The van der Waals surface area contributed by atoms with Crippen LogP contribution in [0.15, 0.2) is 0 Å². The van der Waals surface area contributed by atoms with Crippen molar-refractivity contribution < 1.29 is 14.3 Å². The molecule has 0 rings (SSSR count). The van der Waals surface area contributed by atoms with E-state index in [0.29, 0.717) is 5.92 Å². The summed E-state index contributed by atoms with van der Waals surface area (Å²) in [5.41, 5.74) is 0. The van der Waals surface area contributed by atoms with Crippen molar-refractivity contribution in [1.82, 2.24) is 0 Å². The second-order valence-corrected chi connectivity index (χ2v) is 3.48. The summed E-state index contributed by atoms with van der Waals surface area (Å²) in [4.78, 5) is 10.9. The minimum atomic E-state index is -0.578. The van der Waals surface area contributed by atoms with Crippen molar-refractivity contribution in [3.63, 3.8) is 0 Å². The topological polar surface area (TPSA) is 35.5 Å². The Bertz CT molecular complexity index is 141. The van der Waals surface area contributed by atoms with Crippen molar-refractivity contribution in [2.75, 3.05) is 0 Å². The Hall–Kier alpha value is -0.730. The van der Waals surface area contributed by atoms with Crippen LogP contribution in [0, 0.1) is 5.92 Å². The van der Waals surface area contributed by atoms with Gasteiger partial charge in [-0.3, -0.25) is 0 Å². The van der Waals surface area contributed by atoms with E-state index < -0.39 is 6.16 Å². The molecule has 0 bridgehead atoms. The highest BCUT2D eigenvalue weighted by molar-refractivity contribution is 5.60. The largest absolute Gasteiger partial charge is 0.508 e. The summed E-state index contributed by atoms with van der Waals surface area (Å²) < 4.78 is 9.77. The molecule has 0 saturated carbocycles. The second-order valence-electron chi connectivity index (χ2n) is 3.48. The lowest BCUT2D eigenvalue weighted by molar-refractivity contribution is -0.000244. The Morgan fingerprint density at radius 2 is 1.50 bits per heavy atom. The maximum atomic E-state index is 10.9. The Morgan fingerprint density at radius 1 is 1.00 bits per heavy atom. The van der Waals surface area contributed by atoms with E-state index in [0.717, 1.165) is 0 Å². The molecule has 1 atom stereocenters. The first-order valence-corrected chi connectivity index (χ1v) is 4.30. The summed E-state index contributed by atoms with van der Waals surface area (Å²) >= 11 is 0. The lowest BCUT2D eigenvalue weighted by Crippen LogP contribution is -2.22. The third-order valence-electron chi connectivity index (χ3n) is 1.55. The third-order valence-corrected chi connectivity index (χ3v) is 1.55. The van der Waals surface area contributed by atoms with Crippen LogP contribution in [0.1, 0.15) is 34.6 Å². The van der Waals surface area contributed by atoms with E-state index >= 15 is 0 Å². The van der Waals surface area contributed by atoms with Crippen LogP contribution in [0.2, 0.25) is 0 Å². The molecular weight excluding hydrogens is 156 g/mol. The zero-order chi connectivity index (χ0) is 9.72. The van der Waals surface area contributed by atoms with Crippen LogP contribution in [0.4, 0.5) is 4.79 Å². The molecule has 0 fully saturated rings. The number of carbonyl (C=O) groups excluding carboxylic acids is 1. The maximum Gasteiger partial charge on any atom is 0.508 e. The van der Waals surface area contributed by atoms with Crippen molar-refractivity contribution in [3.05, 3.63) is 0 Å². The standard InChI is InChI=1S/C9H18O3/c1-6(2)8(5)12-9(10)11-7(3)4/h6-8H,1-5H3/t8-/m1/s1. The Kier molecular flexibility index (Phi) is 4.71. The number of carbonyl (C=O) groups is 1. The van der Waals surface area contributed by atoms with Crippen LogP contribution >= 0.6 is 0 Å². The predicted molar refractivity (Wildman–Crippen MR) is 47.0 cm³/mol. The van der Waals surface area contributed by atoms with Gasteiger partial charge in [-0.2, -0.15) is 0 Å². The molecule has 0 aliphatic rings. The van der Waals surface area contributed by atoms with E-state index in [1.165, 1.54) is 0 Å². The molecule has 0 aliphatic carbocycles. The van der Waals surface area contributed by atoms with Gasteiger partial charge in [0.15, 0.2) is 0 Å². The molecule has 3 nitrogen and oxygen atoms in total. The molecule has 0 unspecified atom stereocenters. The molecule has 0 aromatic rings. The molecule has 0 saturated heterocycles. The average Bonchev–Trinajstić information content (AvgIpc) is 1.84. The number of rotatable bonds is 3. The summed E-state index contributed by atoms with van der Waals surface area (Å²) in [6.45, 7) is 9.43. The molecule has 3 heteroatoms. The average molecular weight is 174 g/mol. The van der Waals surface area contributed by atoms with Crippen LogP contribution in [0.5, 0.6) is 0 Å². The van der Waals surface area contributed by atoms with Gasteiger partial charge >= 0.3 is 6.16 Å². The number of ether oxygens (including phenoxy) is 2. The first kappa shape index (κ1) is 11.3. The predicted octanol–water partition coefficient (Wildman–Crippen LogP) is 2.59. The highest BCUT2D eigenvalue weighted by atomic mass is 16.7. The van der Waals surface area contributed by atoms with Crippen LogP contribution in [0.3, 0.4) is 0 Å². The third kappa shape index (κ3) is 4.99. The smallest absolute Gasteiger partial charge is 0.432 e. The molecular formula is C9H18O3. The van der Waals surface area contributed by atoms with Gasteiger partial charge in [0.1, 0.15) is 6.10 Å². The lowest BCUT2D eigenvalue weighted by Gasteiger charge is -2.17. The van der Waals surface area contributed by atoms with Gasteiger partial charge in [0, 0.05) is 0 Å². The van der Waals surface area contributed by atoms with Crippen LogP contribution in [0.25, 0.3) is 0 Å². The fraction of sp³-hybridized carbons (Fsp3) is 0.889. The highest BCUT2D eigenvalue weighted by Gasteiger charge is 2.14. The van der Waals surface area contributed by atoms with Gasteiger partial charge in [-0.1, -0.05) is 13.8 Å². The van der Waals surface area contributed by atoms with Gasteiger partial charge < -0.3 is 9.47 Å².